The van der Waals surface area contributed by atoms with Gasteiger partial charge in [0, 0.05) is 19.2 Å². The van der Waals surface area contributed by atoms with Crippen LogP contribution in [-0.4, -0.2) is 34.2 Å². The molecule has 1 aliphatic heterocycles. The fraction of sp³-hybridized carbons (Fsp3) is 0.571. The van der Waals surface area contributed by atoms with Crippen LogP contribution in [0.2, 0.25) is 0 Å². The van der Waals surface area contributed by atoms with Crippen molar-refractivity contribution < 1.29 is 13.2 Å². The van der Waals surface area contributed by atoms with Crippen LogP contribution in [0, 0.1) is 6.92 Å². The van der Waals surface area contributed by atoms with Crippen molar-refractivity contribution in [3.63, 3.8) is 0 Å². The zero-order valence-corrected chi connectivity index (χ0v) is 12.8. The first-order valence-electron chi connectivity index (χ1n) is 6.93. The first-order valence-corrected chi connectivity index (χ1v) is 8.41. The van der Waals surface area contributed by atoms with E-state index >= 15 is 0 Å². The fourth-order valence-electron chi connectivity index (χ4n) is 2.22. The van der Waals surface area contributed by atoms with Gasteiger partial charge < -0.3 is 10.1 Å². The second-order valence-corrected chi connectivity index (χ2v) is 6.74. The zero-order chi connectivity index (χ0) is 14.6. The molecule has 0 bridgehead atoms. The Balaban J connectivity index is 2.20. The quantitative estimate of drug-likeness (QED) is 0.827. The van der Waals surface area contributed by atoms with Gasteiger partial charge in [0.1, 0.15) is 0 Å². The number of ether oxygens (including phenoxy) is 1. The topological polar surface area (TPSA) is 67.4 Å². The van der Waals surface area contributed by atoms with Crippen LogP contribution in [0.1, 0.15) is 24.5 Å². The van der Waals surface area contributed by atoms with Crippen molar-refractivity contribution in [2.45, 2.75) is 37.8 Å². The number of rotatable bonds is 6. The molecule has 0 saturated carbocycles. The molecular weight excluding hydrogens is 276 g/mol. The van der Waals surface area contributed by atoms with E-state index in [0.29, 0.717) is 24.7 Å². The highest BCUT2D eigenvalue weighted by Gasteiger charge is 2.24. The average Bonchev–Trinajstić information content (AvgIpc) is 2.89. The molecule has 1 atom stereocenters. The van der Waals surface area contributed by atoms with Gasteiger partial charge in [-0.05, 0) is 37.1 Å². The molecule has 0 amide bonds. The maximum Gasteiger partial charge on any atom is 0.241 e. The molecule has 2 N–H and O–H groups in total. The lowest BCUT2D eigenvalue weighted by molar-refractivity contribution is 0.192. The monoisotopic (exact) mass is 298 g/mol. The van der Waals surface area contributed by atoms with Crippen LogP contribution >= 0.6 is 0 Å². The number of nitrogens with one attached hydrogen (secondary N) is 2. The summed E-state index contributed by atoms with van der Waals surface area (Å²) in [5.74, 6) is 0. The van der Waals surface area contributed by atoms with Crippen molar-refractivity contribution in [1.82, 2.24) is 10.0 Å². The molecule has 1 saturated heterocycles. The number of benzene rings is 1. The molecule has 0 aliphatic carbocycles. The standard InChI is InChI=1S/C14H22N2O3S/c1-3-15-9-12-5-4-11(2)14(8-12)20(17,18)16-13-6-7-19-10-13/h4-5,8,13,15-16H,3,6-7,9-10H2,1-2H3. The van der Waals surface area contributed by atoms with Crippen LogP contribution in [0.4, 0.5) is 0 Å². The first-order chi connectivity index (χ1) is 9.53. The van der Waals surface area contributed by atoms with E-state index in [1.165, 1.54) is 0 Å². The Labute approximate surface area is 120 Å². The number of aryl methyl sites for hydroxylation is 1. The summed E-state index contributed by atoms with van der Waals surface area (Å²) < 4.78 is 32.8. The lowest BCUT2D eigenvalue weighted by atomic mass is 10.1. The maximum absolute atomic E-state index is 12.4. The van der Waals surface area contributed by atoms with Gasteiger partial charge >= 0.3 is 0 Å². The molecule has 1 aromatic carbocycles. The molecule has 1 unspecified atom stereocenters. The third-order valence-electron chi connectivity index (χ3n) is 3.37. The van der Waals surface area contributed by atoms with E-state index in [-0.39, 0.29) is 6.04 Å². The Morgan fingerprint density at radius 1 is 1.40 bits per heavy atom. The Morgan fingerprint density at radius 2 is 2.20 bits per heavy atom. The lowest BCUT2D eigenvalue weighted by Crippen LogP contribution is -2.35. The molecule has 1 aliphatic rings. The molecule has 1 heterocycles. The highest BCUT2D eigenvalue weighted by atomic mass is 32.2. The smallest absolute Gasteiger partial charge is 0.241 e. The van der Waals surface area contributed by atoms with E-state index in [4.69, 9.17) is 4.74 Å². The fourth-order valence-corrected chi connectivity index (χ4v) is 3.77. The molecule has 2 rings (SSSR count). The molecule has 0 spiro atoms. The van der Waals surface area contributed by atoms with Crippen molar-refractivity contribution in [2.75, 3.05) is 19.8 Å². The van der Waals surface area contributed by atoms with Gasteiger partial charge in [0.15, 0.2) is 0 Å². The minimum atomic E-state index is -3.48. The van der Waals surface area contributed by atoms with E-state index < -0.39 is 10.0 Å². The van der Waals surface area contributed by atoms with Gasteiger partial charge in [-0.2, -0.15) is 0 Å². The second-order valence-electron chi connectivity index (χ2n) is 5.06. The molecule has 20 heavy (non-hydrogen) atoms. The Kier molecular flexibility index (Phi) is 5.15. The molecule has 112 valence electrons. The van der Waals surface area contributed by atoms with Crippen molar-refractivity contribution >= 4 is 10.0 Å². The Bertz CT molecular complexity index is 552. The van der Waals surface area contributed by atoms with Crippen LogP contribution in [0.3, 0.4) is 0 Å². The van der Waals surface area contributed by atoms with E-state index in [2.05, 4.69) is 10.0 Å². The van der Waals surface area contributed by atoms with Crippen molar-refractivity contribution in [3.05, 3.63) is 29.3 Å². The largest absolute Gasteiger partial charge is 0.380 e. The zero-order valence-electron chi connectivity index (χ0n) is 12.0. The van der Waals surface area contributed by atoms with E-state index in [1.807, 2.05) is 26.0 Å². The summed E-state index contributed by atoms with van der Waals surface area (Å²) in [6.07, 6.45) is 0.732. The SMILES string of the molecule is CCNCc1ccc(C)c(S(=O)(=O)NC2CCOC2)c1. The summed E-state index contributed by atoms with van der Waals surface area (Å²) >= 11 is 0. The number of sulfonamides is 1. The maximum atomic E-state index is 12.4. The van der Waals surface area contributed by atoms with Crippen molar-refractivity contribution in [2.24, 2.45) is 0 Å². The summed E-state index contributed by atoms with van der Waals surface area (Å²) in [6, 6.07) is 5.44. The van der Waals surface area contributed by atoms with Gasteiger partial charge in [-0.1, -0.05) is 19.1 Å². The first kappa shape index (κ1) is 15.4. The van der Waals surface area contributed by atoms with E-state index in [0.717, 1.165) is 24.1 Å². The highest BCUT2D eigenvalue weighted by molar-refractivity contribution is 7.89. The molecule has 0 aromatic heterocycles. The molecule has 1 fully saturated rings. The van der Waals surface area contributed by atoms with Gasteiger partial charge in [-0.25, -0.2) is 13.1 Å². The summed E-state index contributed by atoms with van der Waals surface area (Å²) in [6.45, 7) is 6.44. The Hall–Kier alpha value is -0.950. The van der Waals surface area contributed by atoms with Gasteiger partial charge in [-0.15, -0.1) is 0 Å². The summed E-state index contributed by atoms with van der Waals surface area (Å²) in [5, 5.41) is 3.20. The second kappa shape index (κ2) is 6.67. The molecular formula is C14H22N2O3S. The third kappa shape index (κ3) is 3.79. The number of hydrogen-bond donors (Lipinski definition) is 2. The van der Waals surface area contributed by atoms with Crippen LogP contribution < -0.4 is 10.0 Å². The summed E-state index contributed by atoms with van der Waals surface area (Å²) in [5.41, 5.74) is 1.73. The molecule has 0 radical (unpaired) electrons. The third-order valence-corrected chi connectivity index (χ3v) is 5.04. The minimum Gasteiger partial charge on any atom is -0.380 e. The minimum absolute atomic E-state index is 0.114. The van der Waals surface area contributed by atoms with Gasteiger partial charge in [0.2, 0.25) is 10.0 Å². The van der Waals surface area contributed by atoms with Crippen molar-refractivity contribution in [1.29, 1.82) is 0 Å². The van der Waals surface area contributed by atoms with Gasteiger partial charge in [-0.3, -0.25) is 0 Å². The average molecular weight is 298 g/mol. The molecule has 1 aromatic rings. The molecule has 5 nitrogen and oxygen atoms in total. The predicted octanol–water partition coefficient (Wildman–Crippen LogP) is 1.17. The highest BCUT2D eigenvalue weighted by Crippen LogP contribution is 2.18. The number of hydrogen-bond acceptors (Lipinski definition) is 4. The van der Waals surface area contributed by atoms with Crippen LogP contribution in [0.15, 0.2) is 23.1 Å². The Morgan fingerprint density at radius 3 is 2.85 bits per heavy atom. The summed E-state index contributed by atoms with van der Waals surface area (Å²) in [7, 11) is -3.48. The normalized spacial score (nSPS) is 19.4. The van der Waals surface area contributed by atoms with Gasteiger partial charge in [0.05, 0.1) is 11.5 Å². The molecule has 6 heteroatoms. The van der Waals surface area contributed by atoms with E-state index in [1.54, 1.807) is 6.07 Å². The lowest BCUT2D eigenvalue weighted by Gasteiger charge is -2.14. The van der Waals surface area contributed by atoms with Crippen molar-refractivity contribution in [3.8, 4) is 0 Å². The summed E-state index contributed by atoms with van der Waals surface area (Å²) in [4.78, 5) is 0.361. The van der Waals surface area contributed by atoms with Crippen LogP contribution in [0.25, 0.3) is 0 Å². The van der Waals surface area contributed by atoms with Crippen LogP contribution in [0.5, 0.6) is 0 Å². The van der Waals surface area contributed by atoms with Gasteiger partial charge in [0.25, 0.3) is 0 Å². The van der Waals surface area contributed by atoms with E-state index in [9.17, 15) is 8.42 Å². The van der Waals surface area contributed by atoms with Crippen LogP contribution in [-0.2, 0) is 21.3 Å². The predicted molar refractivity (Wildman–Crippen MR) is 78.1 cm³/mol.